The van der Waals surface area contributed by atoms with E-state index in [-0.39, 0.29) is 18.7 Å². The lowest BCUT2D eigenvalue weighted by atomic mass is 10.0. The third-order valence-corrected chi connectivity index (χ3v) is 4.45. The van der Waals surface area contributed by atoms with Gasteiger partial charge in [0.05, 0.1) is 13.2 Å². The van der Waals surface area contributed by atoms with E-state index in [2.05, 4.69) is 10.2 Å². The maximum Gasteiger partial charge on any atom is 0.317 e. The zero-order valence-electron chi connectivity index (χ0n) is 14.3. The van der Waals surface area contributed by atoms with Crippen molar-refractivity contribution in [3.05, 3.63) is 23.7 Å². The number of aryl methyl sites for hydroxylation is 1. The largest absolute Gasteiger partial charge is 0.464 e. The highest BCUT2D eigenvalue weighted by Crippen LogP contribution is 2.15. The number of amides is 2. The molecule has 23 heavy (non-hydrogen) atoms. The fraction of sp³-hybridized carbons (Fsp3) is 0.706. The van der Waals surface area contributed by atoms with Crippen molar-refractivity contribution in [3.8, 4) is 0 Å². The molecule has 130 valence electrons. The van der Waals surface area contributed by atoms with E-state index in [1.807, 2.05) is 26.0 Å². The molecular weight excluding hydrogens is 294 g/mol. The number of carbonyl (C=O) groups excluding carboxylic acids is 1. The van der Waals surface area contributed by atoms with Crippen LogP contribution in [0.25, 0.3) is 0 Å². The molecule has 0 aromatic carbocycles. The van der Waals surface area contributed by atoms with Crippen molar-refractivity contribution in [1.82, 2.24) is 15.1 Å². The lowest BCUT2D eigenvalue weighted by Crippen LogP contribution is -2.47. The van der Waals surface area contributed by atoms with Gasteiger partial charge in [-0.3, -0.25) is 4.90 Å². The van der Waals surface area contributed by atoms with Crippen molar-refractivity contribution in [3.63, 3.8) is 0 Å². The lowest BCUT2D eigenvalue weighted by Gasteiger charge is -2.34. The van der Waals surface area contributed by atoms with Gasteiger partial charge < -0.3 is 19.7 Å². The van der Waals surface area contributed by atoms with Crippen LogP contribution in [0.3, 0.4) is 0 Å². The van der Waals surface area contributed by atoms with Gasteiger partial charge in [0.2, 0.25) is 0 Å². The van der Waals surface area contributed by atoms with Gasteiger partial charge in [0.25, 0.3) is 0 Å². The molecule has 0 aliphatic carbocycles. The molecule has 2 rings (SSSR count). The number of nitrogens with zero attached hydrogens (tertiary/aromatic N) is 2. The molecule has 2 N–H and O–H groups in total. The van der Waals surface area contributed by atoms with Crippen molar-refractivity contribution in [2.45, 2.75) is 45.7 Å². The van der Waals surface area contributed by atoms with Crippen LogP contribution in [0.15, 0.2) is 16.5 Å². The fourth-order valence-electron chi connectivity index (χ4n) is 3.06. The number of likely N-dealkylation sites (tertiary alicyclic amines) is 1. The van der Waals surface area contributed by atoms with Gasteiger partial charge in [-0.15, -0.1) is 0 Å². The van der Waals surface area contributed by atoms with E-state index in [1.165, 1.54) is 12.8 Å². The number of hydrogen-bond donors (Lipinski definition) is 2. The molecule has 1 aliphatic heterocycles. The summed E-state index contributed by atoms with van der Waals surface area (Å²) in [5.74, 6) is 1.66. The minimum Gasteiger partial charge on any atom is -0.464 e. The predicted molar refractivity (Wildman–Crippen MR) is 89.2 cm³/mol. The monoisotopic (exact) mass is 323 g/mol. The first-order valence-corrected chi connectivity index (χ1v) is 8.57. The first-order chi connectivity index (χ1) is 11.1. The number of urea groups is 1. The number of carbonyl (C=O) groups is 1. The number of nitrogens with one attached hydrogen (secondary N) is 1. The highest BCUT2D eigenvalue weighted by molar-refractivity contribution is 5.74. The van der Waals surface area contributed by atoms with Crippen molar-refractivity contribution in [2.24, 2.45) is 0 Å². The Kier molecular flexibility index (Phi) is 6.92. The number of aliphatic hydroxyl groups excluding tert-OH is 1. The summed E-state index contributed by atoms with van der Waals surface area (Å²) in [4.78, 5) is 16.3. The molecular formula is C17H29N3O3. The van der Waals surface area contributed by atoms with Crippen molar-refractivity contribution in [1.29, 1.82) is 0 Å². The van der Waals surface area contributed by atoms with Crippen LogP contribution >= 0.6 is 0 Å². The Bertz CT molecular complexity index is 489. The predicted octanol–water partition coefficient (Wildman–Crippen LogP) is 1.97. The number of furan rings is 1. The Morgan fingerprint density at radius 3 is 2.96 bits per heavy atom. The molecule has 0 bridgehead atoms. The molecule has 1 atom stereocenters. The van der Waals surface area contributed by atoms with Gasteiger partial charge in [-0.1, -0.05) is 6.42 Å². The highest BCUT2D eigenvalue weighted by atomic mass is 16.3. The Hall–Kier alpha value is -1.53. The number of aliphatic hydroxyl groups is 1. The second-order valence-electron chi connectivity index (χ2n) is 6.13. The van der Waals surface area contributed by atoms with Gasteiger partial charge in [-0.2, -0.15) is 0 Å². The minimum absolute atomic E-state index is 0.0703. The molecule has 1 aromatic heterocycles. The molecule has 0 spiro atoms. The molecule has 2 amide bonds. The quantitative estimate of drug-likeness (QED) is 0.805. The van der Waals surface area contributed by atoms with Crippen LogP contribution in [0, 0.1) is 6.92 Å². The molecule has 1 aromatic rings. The first kappa shape index (κ1) is 17.8. The van der Waals surface area contributed by atoms with Crippen LogP contribution in [-0.4, -0.2) is 59.8 Å². The number of hydrogen-bond acceptors (Lipinski definition) is 4. The standard InChI is InChI=1S/C17H29N3O3/c1-3-19(12-16-8-7-14(2)23-16)17(22)18-9-11-20-10-5-4-6-15(20)13-21/h7-8,15,21H,3-6,9-13H2,1-2H3,(H,18,22)/t15-/m1/s1. The Morgan fingerprint density at radius 1 is 1.48 bits per heavy atom. The summed E-state index contributed by atoms with van der Waals surface area (Å²) in [6.45, 7) is 7.57. The molecule has 1 aliphatic rings. The van der Waals surface area contributed by atoms with Crippen LogP contribution in [-0.2, 0) is 6.54 Å². The normalized spacial score (nSPS) is 18.8. The number of rotatable bonds is 7. The molecule has 0 saturated carbocycles. The van der Waals surface area contributed by atoms with Crippen LogP contribution in [0.4, 0.5) is 4.79 Å². The van der Waals surface area contributed by atoms with E-state index in [0.717, 1.165) is 31.0 Å². The van der Waals surface area contributed by atoms with E-state index < -0.39 is 0 Å². The summed E-state index contributed by atoms with van der Waals surface area (Å²) in [5, 5.41) is 12.4. The van der Waals surface area contributed by atoms with Crippen LogP contribution < -0.4 is 5.32 Å². The van der Waals surface area contributed by atoms with E-state index in [1.54, 1.807) is 4.90 Å². The third-order valence-electron chi connectivity index (χ3n) is 4.45. The zero-order chi connectivity index (χ0) is 16.7. The molecule has 2 heterocycles. The van der Waals surface area contributed by atoms with Gasteiger partial charge >= 0.3 is 6.03 Å². The van der Waals surface area contributed by atoms with Crippen LogP contribution in [0.1, 0.15) is 37.7 Å². The fourth-order valence-corrected chi connectivity index (χ4v) is 3.06. The summed E-state index contributed by atoms with van der Waals surface area (Å²) in [5.41, 5.74) is 0. The van der Waals surface area contributed by atoms with Crippen molar-refractivity contribution in [2.75, 3.05) is 32.8 Å². The summed E-state index contributed by atoms with van der Waals surface area (Å²) in [7, 11) is 0. The molecule has 6 nitrogen and oxygen atoms in total. The van der Waals surface area contributed by atoms with Gasteiger partial charge in [0, 0.05) is 25.7 Å². The average Bonchev–Trinajstić information content (AvgIpc) is 2.98. The van der Waals surface area contributed by atoms with Gasteiger partial charge in [0.15, 0.2) is 0 Å². The summed E-state index contributed by atoms with van der Waals surface area (Å²) in [6, 6.07) is 3.99. The summed E-state index contributed by atoms with van der Waals surface area (Å²) < 4.78 is 5.54. The zero-order valence-corrected chi connectivity index (χ0v) is 14.3. The van der Waals surface area contributed by atoms with Gasteiger partial charge in [-0.25, -0.2) is 4.79 Å². The molecule has 0 unspecified atom stereocenters. The Morgan fingerprint density at radius 2 is 2.30 bits per heavy atom. The second kappa shape index (κ2) is 8.93. The Balaban J connectivity index is 1.75. The molecule has 1 saturated heterocycles. The van der Waals surface area contributed by atoms with Crippen LogP contribution in [0.5, 0.6) is 0 Å². The van der Waals surface area contributed by atoms with E-state index in [4.69, 9.17) is 4.42 Å². The second-order valence-corrected chi connectivity index (χ2v) is 6.13. The average molecular weight is 323 g/mol. The van der Waals surface area contributed by atoms with E-state index in [9.17, 15) is 9.90 Å². The van der Waals surface area contributed by atoms with Gasteiger partial charge in [-0.05, 0) is 45.4 Å². The maximum atomic E-state index is 12.3. The Labute approximate surface area is 138 Å². The molecule has 6 heteroatoms. The van der Waals surface area contributed by atoms with Crippen molar-refractivity contribution < 1.29 is 14.3 Å². The SMILES string of the molecule is CCN(Cc1ccc(C)o1)C(=O)NCCN1CCCC[C@@H]1CO. The maximum absolute atomic E-state index is 12.3. The van der Waals surface area contributed by atoms with Crippen LogP contribution in [0.2, 0.25) is 0 Å². The van der Waals surface area contributed by atoms with Gasteiger partial charge in [0.1, 0.15) is 11.5 Å². The molecule has 1 fully saturated rings. The topological polar surface area (TPSA) is 69.0 Å². The summed E-state index contributed by atoms with van der Waals surface area (Å²) in [6.07, 6.45) is 3.40. The lowest BCUT2D eigenvalue weighted by molar-refractivity contribution is 0.0909. The molecule has 0 radical (unpaired) electrons. The third kappa shape index (κ3) is 5.25. The van der Waals surface area contributed by atoms with E-state index >= 15 is 0 Å². The highest BCUT2D eigenvalue weighted by Gasteiger charge is 2.21. The first-order valence-electron chi connectivity index (χ1n) is 8.57. The van der Waals surface area contributed by atoms with E-state index in [0.29, 0.717) is 19.6 Å². The number of piperidine rings is 1. The minimum atomic E-state index is -0.0703. The summed E-state index contributed by atoms with van der Waals surface area (Å²) >= 11 is 0. The smallest absolute Gasteiger partial charge is 0.317 e. The van der Waals surface area contributed by atoms with Crippen molar-refractivity contribution >= 4 is 6.03 Å².